The number of amides is 1. The topological polar surface area (TPSA) is 49.3 Å². The molecule has 1 aromatic carbocycles. The van der Waals surface area contributed by atoms with Crippen LogP contribution < -0.4 is 5.32 Å². The molecule has 1 aromatic rings. The van der Waals surface area contributed by atoms with E-state index in [1.807, 2.05) is 0 Å². The molecule has 0 spiro atoms. The van der Waals surface area contributed by atoms with Crippen LogP contribution in [0, 0.1) is 5.82 Å². The van der Waals surface area contributed by atoms with Crippen molar-refractivity contribution < 1.29 is 14.3 Å². The Morgan fingerprint density at radius 3 is 2.71 bits per heavy atom. The molecule has 1 amide bonds. The molecule has 17 heavy (non-hydrogen) atoms. The van der Waals surface area contributed by atoms with E-state index < -0.39 is 11.7 Å². The molecule has 1 aliphatic carbocycles. The third-order valence-electron chi connectivity index (χ3n) is 3.15. The van der Waals surface area contributed by atoms with E-state index in [-0.39, 0.29) is 16.9 Å². The van der Waals surface area contributed by atoms with Gasteiger partial charge in [0.05, 0.1) is 11.1 Å². The van der Waals surface area contributed by atoms with E-state index >= 15 is 0 Å². The van der Waals surface area contributed by atoms with Crippen LogP contribution in [0.1, 0.15) is 29.6 Å². The van der Waals surface area contributed by atoms with E-state index in [0.717, 1.165) is 31.4 Å². The highest BCUT2D eigenvalue weighted by molar-refractivity contribution is 6.19. The SMILES string of the molecule is O=C(NC1(CCl)CCC1)c1ccc(F)cc1O. The standard InChI is InChI=1S/C12H13ClFNO2/c13-7-12(4-1-5-12)15-11(17)9-3-2-8(14)6-10(9)16/h2-3,6,16H,1,4-5,7H2,(H,15,17). The summed E-state index contributed by atoms with van der Waals surface area (Å²) in [6.45, 7) is 0. The van der Waals surface area contributed by atoms with Gasteiger partial charge in [-0.05, 0) is 31.4 Å². The van der Waals surface area contributed by atoms with Gasteiger partial charge in [0.15, 0.2) is 0 Å². The molecular formula is C12H13ClFNO2. The zero-order valence-electron chi connectivity index (χ0n) is 9.17. The Bertz CT molecular complexity index is 441. The summed E-state index contributed by atoms with van der Waals surface area (Å²) in [6.07, 6.45) is 2.71. The maximum Gasteiger partial charge on any atom is 0.255 e. The fraction of sp³-hybridized carbons (Fsp3) is 0.417. The maximum absolute atomic E-state index is 12.8. The average Bonchev–Trinajstić information content (AvgIpc) is 2.23. The zero-order valence-corrected chi connectivity index (χ0v) is 9.93. The van der Waals surface area contributed by atoms with Crippen molar-refractivity contribution in [2.75, 3.05) is 5.88 Å². The minimum absolute atomic E-state index is 0.0720. The summed E-state index contributed by atoms with van der Waals surface area (Å²) in [5, 5.41) is 12.3. The van der Waals surface area contributed by atoms with Crippen molar-refractivity contribution in [2.45, 2.75) is 24.8 Å². The Labute approximate surface area is 104 Å². The predicted octanol–water partition coefficient (Wildman–Crippen LogP) is 2.42. The highest BCUT2D eigenvalue weighted by atomic mass is 35.5. The monoisotopic (exact) mass is 257 g/mol. The first-order chi connectivity index (χ1) is 8.06. The number of aromatic hydroxyl groups is 1. The lowest BCUT2D eigenvalue weighted by atomic mass is 9.78. The second-order valence-corrected chi connectivity index (χ2v) is 4.65. The van der Waals surface area contributed by atoms with Gasteiger partial charge < -0.3 is 10.4 Å². The Kier molecular flexibility index (Phi) is 3.24. The first kappa shape index (κ1) is 12.2. The van der Waals surface area contributed by atoms with Crippen molar-refractivity contribution in [3.63, 3.8) is 0 Å². The molecular weight excluding hydrogens is 245 g/mol. The van der Waals surface area contributed by atoms with Crippen molar-refractivity contribution in [2.24, 2.45) is 0 Å². The smallest absolute Gasteiger partial charge is 0.255 e. The third-order valence-corrected chi connectivity index (χ3v) is 3.66. The molecule has 0 aromatic heterocycles. The van der Waals surface area contributed by atoms with Gasteiger partial charge in [-0.15, -0.1) is 11.6 Å². The molecule has 1 saturated carbocycles. The van der Waals surface area contributed by atoms with Gasteiger partial charge in [0.1, 0.15) is 11.6 Å². The molecule has 0 aliphatic heterocycles. The number of rotatable bonds is 3. The number of phenols is 1. The Morgan fingerprint density at radius 1 is 1.53 bits per heavy atom. The minimum Gasteiger partial charge on any atom is -0.507 e. The van der Waals surface area contributed by atoms with Crippen LogP contribution in [0.2, 0.25) is 0 Å². The van der Waals surface area contributed by atoms with E-state index in [9.17, 15) is 14.3 Å². The predicted molar refractivity (Wildman–Crippen MR) is 62.8 cm³/mol. The molecule has 5 heteroatoms. The van der Waals surface area contributed by atoms with E-state index in [2.05, 4.69) is 5.32 Å². The van der Waals surface area contributed by atoms with Crippen LogP contribution in [-0.4, -0.2) is 22.4 Å². The van der Waals surface area contributed by atoms with E-state index in [1.54, 1.807) is 0 Å². The van der Waals surface area contributed by atoms with Gasteiger partial charge in [-0.25, -0.2) is 4.39 Å². The molecule has 2 N–H and O–H groups in total. The van der Waals surface area contributed by atoms with Crippen LogP contribution in [-0.2, 0) is 0 Å². The van der Waals surface area contributed by atoms with Crippen molar-refractivity contribution in [1.29, 1.82) is 0 Å². The second-order valence-electron chi connectivity index (χ2n) is 4.38. The first-order valence-electron chi connectivity index (χ1n) is 5.43. The number of halogens is 2. The fourth-order valence-corrected chi connectivity index (χ4v) is 2.23. The number of nitrogens with one attached hydrogen (secondary N) is 1. The number of hydrogen-bond acceptors (Lipinski definition) is 2. The zero-order chi connectivity index (χ0) is 12.5. The second kappa shape index (κ2) is 4.53. The molecule has 0 bridgehead atoms. The number of carbonyl (C=O) groups excluding carboxylic acids is 1. The van der Waals surface area contributed by atoms with Crippen LogP contribution in [0.25, 0.3) is 0 Å². The quantitative estimate of drug-likeness (QED) is 0.817. The van der Waals surface area contributed by atoms with E-state index in [1.165, 1.54) is 6.07 Å². The van der Waals surface area contributed by atoms with Crippen LogP contribution in [0.3, 0.4) is 0 Å². The Morgan fingerprint density at radius 2 is 2.24 bits per heavy atom. The summed E-state index contributed by atoms with van der Waals surface area (Å²) in [4.78, 5) is 11.9. The van der Waals surface area contributed by atoms with Crippen molar-refractivity contribution in [3.8, 4) is 5.75 Å². The van der Waals surface area contributed by atoms with Crippen LogP contribution in [0.15, 0.2) is 18.2 Å². The van der Waals surface area contributed by atoms with Gasteiger partial charge in [-0.3, -0.25) is 4.79 Å². The third kappa shape index (κ3) is 2.36. The lowest BCUT2D eigenvalue weighted by Gasteiger charge is -2.41. The average molecular weight is 258 g/mol. The number of benzene rings is 1. The highest BCUT2D eigenvalue weighted by Crippen LogP contribution is 2.33. The molecule has 92 valence electrons. The van der Waals surface area contributed by atoms with Gasteiger partial charge >= 0.3 is 0 Å². The summed E-state index contributed by atoms with van der Waals surface area (Å²) in [5.41, 5.74) is -0.290. The molecule has 1 aliphatic rings. The summed E-state index contributed by atoms with van der Waals surface area (Å²) >= 11 is 5.82. The Hall–Kier alpha value is -1.29. The summed E-state index contributed by atoms with van der Waals surface area (Å²) in [7, 11) is 0. The molecule has 0 heterocycles. The minimum atomic E-state index is -0.574. The summed E-state index contributed by atoms with van der Waals surface area (Å²) in [6, 6.07) is 3.33. The molecule has 0 unspecified atom stereocenters. The largest absolute Gasteiger partial charge is 0.507 e. The van der Waals surface area contributed by atoms with E-state index in [0.29, 0.717) is 5.88 Å². The highest BCUT2D eigenvalue weighted by Gasteiger charge is 2.38. The van der Waals surface area contributed by atoms with Gasteiger partial charge in [0.2, 0.25) is 0 Å². The lowest BCUT2D eigenvalue weighted by molar-refractivity contribution is 0.0851. The van der Waals surface area contributed by atoms with Crippen molar-refractivity contribution in [3.05, 3.63) is 29.6 Å². The van der Waals surface area contributed by atoms with Crippen LogP contribution in [0.4, 0.5) is 4.39 Å². The van der Waals surface area contributed by atoms with Gasteiger partial charge in [-0.1, -0.05) is 0 Å². The van der Waals surface area contributed by atoms with Crippen LogP contribution in [0.5, 0.6) is 5.75 Å². The van der Waals surface area contributed by atoms with Crippen molar-refractivity contribution in [1.82, 2.24) is 5.32 Å². The number of hydrogen-bond donors (Lipinski definition) is 2. The van der Waals surface area contributed by atoms with Gasteiger partial charge in [-0.2, -0.15) is 0 Å². The van der Waals surface area contributed by atoms with Crippen LogP contribution >= 0.6 is 11.6 Å². The molecule has 0 radical (unpaired) electrons. The lowest BCUT2D eigenvalue weighted by Crippen LogP contribution is -2.55. The summed E-state index contributed by atoms with van der Waals surface area (Å²) in [5.74, 6) is -0.995. The number of phenolic OH excluding ortho intramolecular Hbond substituents is 1. The molecule has 2 rings (SSSR count). The molecule has 0 atom stereocenters. The van der Waals surface area contributed by atoms with Crippen molar-refractivity contribution >= 4 is 17.5 Å². The maximum atomic E-state index is 12.8. The number of carbonyl (C=O) groups is 1. The molecule has 3 nitrogen and oxygen atoms in total. The number of alkyl halides is 1. The first-order valence-corrected chi connectivity index (χ1v) is 5.97. The Balaban J connectivity index is 2.14. The van der Waals surface area contributed by atoms with Gasteiger partial charge in [0, 0.05) is 11.9 Å². The normalized spacial score (nSPS) is 17.3. The molecule has 1 fully saturated rings. The summed E-state index contributed by atoms with van der Waals surface area (Å²) < 4.78 is 12.8. The van der Waals surface area contributed by atoms with E-state index in [4.69, 9.17) is 11.6 Å². The molecule has 0 saturated heterocycles. The fourth-order valence-electron chi connectivity index (χ4n) is 1.90. The van der Waals surface area contributed by atoms with Gasteiger partial charge in [0.25, 0.3) is 5.91 Å².